The number of hydrogen-bond donors (Lipinski definition) is 1. The van der Waals surface area contributed by atoms with E-state index in [-0.39, 0.29) is 5.69 Å². The zero-order valence-corrected chi connectivity index (χ0v) is 14.0. The molecule has 0 spiro atoms. The summed E-state index contributed by atoms with van der Waals surface area (Å²) < 4.78 is 39.5. The van der Waals surface area contributed by atoms with E-state index < -0.39 is 11.7 Å². The van der Waals surface area contributed by atoms with E-state index >= 15 is 0 Å². The van der Waals surface area contributed by atoms with Gasteiger partial charge in [0.1, 0.15) is 5.82 Å². The van der Waals surface area contributed by atoms with Crippen molar-refractivity contribution in [3.8, 4) is 0 Å². The minimum Gasteiger partial charge on any atom is -0.340 e. The molecule has 0 aliphatic rings. The summed E-state index contributed by atoms with van der Waals surface area (Å²) in [6, 6.07) is 16.4. The van der Waals surface area contributed by atoms with E-state index in [1.807, 2.05) is 42.2 Å². The fourth-order valence-electron chi connectivity index (χ4n) is 2.57. The van der Waals surface area contributed by atoms with Gasteiger partial charge in [-0.25, -0.2) is 4.98 Å². The molecule has 0 fully saturated rings. The molecule has 0 atom stereocenters. The van der Waals surface area contributed by atoms with E-state index in [1.54, 1.807) is 6.07 Å². The highest BCUT2D eigenvalue weighted by Gasteiger charge is 2.33. The van der Waals surface area contributed by atoms with Crippen LogP contribution in [0.15, 0.2) is 66.9 Å². The quantitative estimate of drug-likeness (QED) is 0.663. The monoisotopic (exact) mass is 358 g/mol. The second-order valence-electron chi connectivity index (χ2n) is 5.49. The number of alkyl halides is 3. The maximum absolute atomic E-state index is 13.2. The van der Waals surface area contributed by atoms with Gasteiger partial charge in [-0.3, -0.25) is 0 Å². The van der Waals surface area contributed by atoms with Crippen LogP contribution in [0.3, 0.4) is 0 Å². The molecule has 1 heterocycles. The molecule has 0 saturated heterocycles. The van der Waals surface area contributed by atoms with Crippen LogP contribution in [-0.4, -0.2) is 16.5 Å². The van der Waals surface area contributed by atoms with Crippen molar-refractivity contribution >= 4 is 23.1 Å². The summed E-state index contributed by atoms with van der Waals surface area (Å²) in [6.45, 7) is 2.57. The Labute approximate surface area is 149 Å². The maximum Gasteiger partial charge on any atom is 0.418 e. The first-order valence-electron chi connectivity index (χ1n) is 8.08. The summed E-state index contributed by atoms with van der Waals surface area (Å²) >= 11 is 0. The summed E-state index contributed by atoms with van der Waals surface area (Å²) in [7, 11) is 0. The highest BCUT2D eigenvalue weighted by molar-refractivity contribution is 5.63. The Kier molecular flexibility index (Phi) is 5.06. The number of hydrogen-bond acceptors (Lipinski definition) is 4. The smallest absolute Gasteiger partial charge is 0.340 e. The van der Waals surface area contributed by atoms with E-state index in [9.17, 15) is 13.2 Å². The highest BCUT2D eigenvalue weighted by atomic mass is 19.4. The third kappa shape index (κ3) is 3.93. The van der Waals surface area contributed by atoms with E-state index in [0.717, 1.165) is 11.8 Å². The number of halogens is 3. The minimum atomic E-state index is -4.45. The molecule has 3 rings (SSSR count). The van der Waals surface area contributed by atoms with Crippen LogP contribution in [0.2, 0.25) is 0 Å². The van der Waals surface area contributed by atoms with Crippen molar-refractivity contribution in [2.45, 2.75) is 13.1 Å². The standard InChI is InChI=1S/C19H17F3N4/c1-2-26(14-8-4-3-5-9-14)18-23-13-12-17(25-18)24-16-11-7-6-10-15(16)19(20,21)22/h3-13H,2H2,1H3,(H,23,24,25). The molecule has 134 valence electrons. The highest BCUT2D eigenvalue weighted by Crippen LogP contribution is 2.35. The number of anilines is 4. The van der Waals surface area contributed by atoms with Crippen molar-refractivity contribution in [3.05, 3.63) is 72.4 Å². The fraction of sp³-hybridized carbons (Fsp3) is 0.158. The largest absolute Gasteiger partial charge is 0.418 e. The second-order valence-corrected chi connectivity index (χ2v) is 5.49. The number of nitrogens with one attached hydrogen (secondary N) is 1. The third-order valence-corrected chi connectivity index (χ3v) is 3.76. The van der Waals surface area contributed by atoms with Gasteiger partial charge in [-0.15, -0.1) is 0 Å². The lowest BCUT2D eigenvalue weighted by molar-refractivity contribution is -0.136. The number of para-hydroxylation sites is 2. The molecule has 0 bridgehead atoms. The molecule has 2 aromatic carbocycles. The SMILES string of the molecule is CCN(c1ccccc1)c1nccc(Nc2ccccc2C(F)(F)F)n1. The predicted molar refractivity (Wildman–Crippen MR) is 95.9 cm³/mol. The van der Waals surface area contributed by atoms with Crippen LogP contribution in [-0.2, 0) is 6.18 Å². The first-order valence-corrected chi connectivity index (χ1v) is 8.08. The van der Waals surface area contributed by atoms with Crippen LogP contribution >= 0.6 is 0 Å². The first-order chi connectivity index (χ1) is 12.5. The molecule has 0 aliphatic carbocycles. The molecular formula is C19H17F3N4. The van der Waals surface area contributed by atoms with Gasteiger partial charge in [0, 0.05) is 18.4 Å². The lowest BCUT2D eigenvalue weighted by Gasteiger charge is -2.21. The fourth-order valence-corrected chi connectivity index (χ4v) is 2.57. The normalized spacial score (nSPS) is 11.2. The average Bonchev–Trinajstić information content (AvgIpc) is 2.63. The van der Waals surface area contributed by atoms with Gasteiger partial charge < -0.3 is 10.2 Å². The van der Waals surface area contributed by atoms with Crippen molar-refractivity contribution in [2.24, 2.45) is 0 Å². The van der Waals surface area contributed by atoms with E-state index in [2.05, 4.69) is 15.3 Å². The molecule has 0 amide bonds. The topological polar surface area (TPSA) is 41.1 Å². The molecule has 1 N–H and O–H groups in total. The van der Waals surface area contributed by atoms with Gasteiger partial charge in [0.15, 0.2) is 0 Å². The molecular weight excluding hydrogens is 341 g/mol. The molecule has 3 aromatic rings. The van der Waals surface area contributed by atoms with Crippen molar-refractivity contribution < 1.29 is 13.2 Å². The maximum atomic E-state index is 13.2. The summed E-state index contributed by atoms with van der Waals surface area (Å²) in [5.41, 5.74) is 0.117. The number of nitrogens with zero attached hydrogens (tertiary/aromatic N) is 3. The van der Waals surface area contributed by atoms with Gasteiger partial charge in [0.05, 0.1) is 11.3 Å². The number of benzene rings is 2. The van der Waals surface area contributed by atoms with Gasteiger partial charge in [-0.1, -0.05) is 30.3 Å². The number of aromatic nitrogens is 2. The Hall–Kier alpha value is -3.09. The van der Waals surface area contributed by atoms with Crippen molar-refractivity contribution in [3.63, 3.8) is 0 Å². The zero-order valence-electron chi connectivity index (χ0n) is 14.0. The van der Waals surface area contributed by atoms with Crippen molar-refractivity contribution in [2.75, 3.05) is 16.8 Å². The van der Waals surface area contributed by atoms with Crippen LogP contribution in [0.25, 0.3) is 0 Å². The third-order valence-electron chi connectivity index (χ3n) is 3.76. The van der Waals surface area contributed by atoms with Gasteiger partial charge in [0.2, 0.25) is 5.95 Å². The summed E-state index contributed by atoms with van der Waals surface area (Å²) in [6.07, 6.45) is -2.93. The Morgan fingerprint density at radius 2 is 1.65 bits per heavy atom. The lowest BCUT2D eigenvalue weighted by atomic mass is 10.1. The molecule has 4 nitrogen and oxygen atoms in total. The average molecular weight is 358 g/mol. The van der Waals surface area contributed by atoms with Crippen LogP contribution in [0.1, 0.15) is 12.5 Å². The number of rotatable bonds is 5. The van der Waals surface area contributed by atoms with Gasteiger partial charge in [0.25, 0.3) is 0 Å². The van der Waals surface area contributed by atoms with Crippen molar-refractivity contribution in [1.82, 2.24) is 9.97 Å². The molecule has 7 heteroatoms. The molecule has 1 aromatic heterocycles. The summed E-state index contributed by atoms with van der Waals surface area (Å²) in [4.78, 5) is 10.5. The van der Waals surface area contributed by atoms with Gasteiger partial charge in [-0.05, 0) is 37.3 Å². The van der Waals surface area contributed by atoms with Crippen LogP contribution in [0.5, 0.6) is 0 Å². The Morgan fingerprint density at radius 1 is 0.962 bits per heavy atom. The zero-order chi connectivity index (χ0) is 18.6. The van der Waals surface area contributed by atoms with Crippen molar-refractivity contribution in [1.29, 1.82) is 0 Å². The van der Waals surface area contributed by atoms with E-state index in [4.69, 9.17) is 0 Å². The minimum absolute atomic E-state index is 0.0487. The lowest BCUT2D eigenvalue weighted by Crippen LogP contribution is -2.19. The second kappa shape index (κ2) is 7.43. The summed E-state index contributed by atoms with van der Waals surface area (Å²) in [5.74, 6) is 0.703. The van der Waals surface area contributed by atoms with Gasteiger partial charge >= 0.3 is 6.18 Å². The molecule has 0 saturated carbocycles. The van der Waals surface area contributed by atoms with Gasteiger partial charge in [-0.2, -0.15) is 18.2 Å². The molecule has 0 unspecified atom stereocenters. The first kappa shape index (κ1) is 17.7. The molecule has 26 heavy (non-hydrogen) atoms. The van der Waals surface area contributed by atoms with Crippen LogP contribution in [0.4, 0.5) is 36.3 Å². The van der Waals surface area contributed by atoms with E-state index in [0.29, 0.717) is 18.3 Å². The Bertz CT molecular complexity index is 866. The molecule has 0 radical (unpaired) electrons. The predicted octanol–water partition coefficient (Wildman–Crippen LogP) is 5.40. The van der Waals surface area contributed by atoms with Crippen LogP contribution in [0, 0.1) is 0 Å². The Balaban J connectivity index is 1.92. The van der Waals surface area contributed by atoms with Crippen LogP contribution < -0.4 is 10.2 Å². The van der Waals surface area contributed by atoms with E-state index in [1.165, 1.54) is 24.4 Å². The summed E-state index contributed by atoms with van der Waals surface area (Å²) in [5, 5.41) is 2.75. The Morgan fingerprint density at radius 3 is 2.35 bits per heavy atom. The molecule has 0 aliphatic heterocycles.